The van der Waals surface area contributed by atoms with Gasteiger partial charge in [-0.3, -0.25) is 9.59 Å². The second-order valence-corrected chi connectivity index (χ2v) is 7.98. The van der Waals surface area contributed by atoms with Gasteiger partial charge in [-0.2, -0.15) is 0 Å². The Labute approximate surface area is 192 Å². The molecule has 0 radical (unpaired) electrons. The van der Waals surface area contributed by atoms with Crippen molar-refractivity contribution >= 4 is 29.7 Å². The van der Waals surface area contributed by atoms with Crippen molar-refractivity contribution in [3.63, 3.8) is 0 Å². The first kappa shape index (κ1) is 25.3. The van der Waals surface area contributed by atoms with E-state index in [-0.39, 0.29) is 24.4 Å². The van der Waals surface area contributed by atoms with E-state index in [1.54, 1.807) is 63.2 Å². The topological polar surface area (TPSA) is 126 Å². The average Bonchev–Trinajstić information content (AvgIpc) is 2.75. The number of methoxy groups -OCH3 is 1. The smallest absolute Gasteiger partial charge is 0.407 e. The SMILES string of the molecule is COc1cc(C=CC(=O)Nc2ccccc2C(=O)NCCNC(=O)OC(C)(C)C)ccc1O. The van der Waals surface area contributed by atoms with E-state index in [4.69, 9.17) is 9.47 Å². The van der Waals surface area contributed by atoms with Crippen LogP contribution in [0.2, 0.25) is 0 Å². The van der Waals surface area contributed by atoms with Crippen LogP contribution in [0.4, 0.5) is 10.5 Å². The highest BCUT2D eigenvalue weighted by molar-refractivity contribution is 6.07. The number of hydrogen-bond acceptors (Lipinski definition) is 6. The molecule has 0 saturated carbocycles. The summed E-state index contributed by atoms with van der Waals surface area (Å²) in [5, 5.41) is 17.6. The molecule has 0 heterocycles. The summed E-state index contributed by atoms with van der Waals surface area (Å²) in [5.41, 5.74) is 0.673. The van der Waals surface area contributed by atoms with Crippen LogP contribution in [-0.4, -0.2) is 48.8 Å². The molecule has 4 N–H and O–H groups in total. The number of aromatic hydroxyl groups is 1. The first-order chi connectivity index (χ1) is 15.6. The fraction of sp³-hybridized carbons (Fsp3) is 0.292. The van der Waals surface area contributed by atoms with E-state index in [1.807, 2.05) is 0 Å². The summed E-state index contributed by atoms with van der Waals surface area (Å²) in [4.78, 5) is 36.5. The number of phenolic OH excluding ortho intramolecular Hbond substituents is 1. The van der Waals surface area contributed by atoms with Gasteiger partial charge in [0.15, 0.2) is 11.5 Å². The van der Waals surface area contributed by atoms with Crippen LogP contribution in [0, 0.1) is 0 Å². The van der Waals surface area contributed by atoms with E-state index in [2.05, 4.69) is 16.0 Å². The number of carbonyl (C=O) groups excluding carboxylic acids is 3. The second-order valence-electron chi connectivity index (χ2n) is 7.98. The lowest BCUT2D eigenvalue weighted by Crippen LogP contribution is -2.38. The largest absolute Gasteiger partial charge is 0.504 e. The van der Waals surface area contributed by atoms with E-state index in [0.29, 0.717) is 17.0 Å². The van der Waals surface area contributed by atoms with Crippen LogP contribution >= 0.6 is 0 Å². The zero-order valence-corrected chi connectivity index (χ0v) is 19.1. The van der Waals surface area contributed by atoms with Gasteiger partial charge in [-0.25, -0.2) is 4.79 Å². The summed E-state index contributed by atoms with van der Waals surface area (Å²) < 4.78 is 10.2. The van der Waals surface area contributed by atoms with E-state index in [1.165, 1.54) is 19.3 Å². The van der Waals surface area contributed by atoms with Gasteiger partial charge in [0.1, 0.15) is 5.60 Å². The Hall–Kier alpha value is -4.01. The summed E-state index contributed by atoms with van der Waals surface area (Å²) in [7, 11) is 1.44. The van der Waals surface area contributed by atoms with E-state index < -0.39 is 23.5 Å². The molecule has 0 unspecified atom stereocenters. The summed E-state index contributed by atoms with van der Waals surface area (Å²) in [6, 6.07) is 11.3. The Morgan fingerprint density at radius 3 is 2.42 bits per heavy atom. The molecule has 9 heteroatoms. The molecule has 0 fully saturated rings. The molecule has 0 aliphatic rings. The number of carbonyl (C=O) groups is 3. The Bertz CT molecular complexity index is 1030. The third-order valence-electron chi connectivity index (χ3n) is 4.14. The van der Waals surface area contributed by atoms with Gasteiger partial charge in [0.25, 0.3) is 5.91 Å². The Balaban J connectivity index is 1.93. The van der Waals surface area contributed by atoms with Gasteiger partial charge >= 0.3 is 6.09 Å². The van der Waals surface area contributed by atoms with Gasteiger partial charge in [0.05, 0.1) is 18.4 Å². The van der Waals surface area contributed by atoms with Gasteiger partial charge in [-0.1, -0.05) is 18.2 Å². The van der Waals surface area contributed by atoms with E-state index >= 15 is 0 Å². The number of ether oxygens (including phenoxy) is 2. The van der Waals surface area contributed by atoms with E-state index in [9.17, 15) is 19.5 Å². The monoisotopic (exact) mass is 455 g/mol. The minimum absolute atomic E-state index is 0.000311. The molecular weight excluding hydrogens is 426 g/mol. The molecule has 2 aromatic carbocycles. The number of nitrogens with one attached hydrogen (secondary N) is 3. The van der Waals surface area contributed by atoms with Gasteiger partial charge in [-0.15, -0.1) is 0 Å². The van der Waals surface area contributed by atoms with Crippen LogP contribution in [0.1, 0.15) is 36.7 Å². The molecule has 9 nitrogen and oxygen atoms in total. The number of hydrogen-bond donors (Lipinski definition) is 4. The normalized spacial score (nSPS) is 11.0. The molecule has 0 bridgehead atoms. The van der Waals surface area contributed by atoms with Crippen LogP contribution in [-0.2, 0) is 9.53 Å². The predicted molar refractivity (Wildman–Crippen MR) is 125 cm³/mol. The van der Waals surface area contributed by atoms with Gasteiger partial charge in [0, 0.05) is 19.2 Å². The van der Waals surface area contributed by atoms with Crippen LogP contribution in [0.25, 0.3) is 6.08 Å². The maximum Gasteiger partial charge on any atom is 0.407 e. The highest BCUT2D eigenvalue weighted by atomic mass is 16.6. The maximum absolute atomic E-state index is 12.5. The van der Waals surface area contributed by atoms with Crippen LogP contribution in [0.3, 0.4) is 0 Å². The summed E-state index contributed by atoms with van der Waals surface area (Å²) in [6.45, 7) is 5.65. The standard InChI is InChI=1S/C24H29N3O6/c1-24(2,3)33-23(31)26-14-13-25-22(30)17-7-5-6-8-18(17)27-21(29)12-10-16-9-11-19(28)20(15-16)32-4/h5-12,15,28H,13-14H2,1-4H3,(H,25,30)(H,26,31)(H,27,29). The predicted octanol–water partition coefficient (Wildman–Crippen LogP) is 3.31. The van der Waals surface area contributed by atoms with Crippen molar-refractivity contribution < 1.29 is 29.0 Å². The van der Waals surface area contributed by atoms with Crippen molar-refractivity contribution in [2.75, 3.05) is 25.5 Å². The quantitative estimate of drug-likeness (QED) is 0.357. The third kappa shape index (κ3) is 8.56. The van der Waals surface area contributed by atoms with Crippen LogP contribution < -0.4 is 20.7 Å². The van der Waals surface area contributed by atoms with Crippen molar-refractivity contribution in [3.8, 4) is 11.5 Å². The molecule has 2 aromatic rings. The maximum atomic E-state index is 12.5. The first-order valence-corrected chi connectivity index (χ1v) is 10.3. The number of phenols is 1. The molecule has 0 saturated heterocycles. The third-order valence-corrected chi connectivity index (χ3v) is 4.14. The van der Waals surface area contributed by atoms with Crippen molar-refractivity contribution in [1.82, 2.24) is 10.6 Å². The van der Waals surface area contributed by atoms with Crippen molar-refractivity contribution in [1.29, 1.82) is 0 Å². The van der Waals surface area contributed by atoms with Crippen molar-refractivity contribution in [2.24, 2.45) is 0 Å². The molecule has 2 rings (SSSR count). The zero-order chi connectivity index (χ0) is 24.4. The zero-order valence-electron chi connectivity index (χ0n) is 19.1. The number of amides is 3. The molecular formula is C24H29N3O6. The van der Waals surface area contributed by atoms with Gasteiger partial charge in [-0.05, 0) is 56.7 Å². The Morgan fingerprint density at radius 1 is 1.03 bits per heavy atom. The van der Waals surface area contributed by atoms with Crippen molar-refractivity contribution in [3.05, 3.63) is 59.7 Å². The Kier molecular flexibility index (Phi) is 8.85. The summed E-state index contributed by atoms with van der Waals surface area (Å²) in [6.07, 6.45) is 2.30. The lowest BCUT2D eigenvalue weighted by atomic mass is 10.1. The fourth-order valence-electron chi connectivity index (χ4n) is 2.68. The molecule has 33 heavy (non-hydrogen) atoms. The number of benzene rings is 2. The lowest BCUT2D eigenvalue weighted by molar-refractivity contribution is -0.111. The number of alkyl carbamates (subject to hydrolysis) is 1. The fourth-order valence-corrected chi connectivity index (χ4v) is 2.68. The molecule has 176 valence electrons. The Morgan fingerprint density at radius 2 is 1.73 bits per heavy atom. The van der Waals surface area contributed by atoms with Crippen molar-refractivity contribution in [2.45, 2.75) is 26.4 Å². The van der Waals surface area contributed by atoms with Crippen LogP contribution in [0.15, 0.2) is 48.5 Å². The number of rotatable bonds is 8. The van der Waals surface area contributed by atoms with Gasteiger partial charge < -0.3 is 30.5 Å². The number of para-hydroxylation sites is 1. The molecule has 3 amide bonds. The molecule has 0 aliphatic carbocycles. The van der Waals surface area contributed by atoms with Gasteiger partial charge in [0.2, 0.25) is 5.91 Å². The summed E-state index contributed by atoms with van der Waals surface area (Å²) in [5.74, 6) is -0.543. The lowest BCUT2D eigenvalue weighted by Gasteiger charge is -2.19. The molecule has 0 aliphatic heterocycles. The summed E-state index contributed by atoms with van der Waals surface area (Å²) >= 11 is 0. The highest BCUT2D eigenvalue weighted by Crippen LogP contribution is 2.26. The molecule has 0 atom stereocenters. The first-order valence-electron chi connectivity index (χ1n) is 10.3. The average molecular weight is 456 g/mol. The minimum Gasteiger partial charge on any atom is -0.504 e. The van der Waals surface area contributed by atoms with E-state index in [0.717, 1.165) is 0 Å². The molecule has 0 spiro atoms. The molecule has 0 aromatic heterocycles. The van der Waals surface area contributed by atoms with Crippen LogP contribution in [0.5, 0.6) is 11.5 Å². The minimum atomic E-state index is -0.604. The highest BCUT2D eigenvalue weighted by Gasteiger charge is 2.16. The number of anilines is 1. The second kappa shape index (κ2) is 11.6.